The molecule has 0 atom stereocenters. The van der Waals surface area contributed by atoms with Gasteiger partial charge in [-0.2, -0.15) is 8.42 Å². The molecule has 0 bridgehead atoms. The fraction of sp³-hybridized carbons (Fsp3) is 0.143. The van der Waals surface area contributed by atoms with E-state index < -0.39 is 10.1 Å². The minimum absolute atomic E-state index is 0. The van der Waals surface area contributed by atoms with Crippen molar-refractivity contribution < 1.29 is 44.0 Å². The minimum atomic E-state index is -4.15. The van der Waals surface area contributed by atoms with Crippen molar-refractivity contribution in [1.82, 2.24) is 5.43 Å². The first kappa shape index (κ1) is 14.1. The van der Waals surface area contributed by atoms with Gasteiger partial charge < -0.3 is 1.43 Å². The van der Waals surface area contributed by atoms with E-state index in [1.165, 1.54) is 12.1 Å². The Labute approximate surface area is 106 Å². The van der Waals surface area contributed by atoms with Gasteiger partial charge in [-0.05, 0) is 11.6 Å². The molecule has 1 aromatic carbocycles. The number of rotatable bonds is 3. The Kier molecular flexibility index (Phi) is 5.84. The van der Waals surface area contributed by atoms with Gasteiger partial charge in [0, 0.05) is 6.54 Å². The van der Waals surface area contributed by atoms with Crippen molar-refractivity contribution in [3.05, 3.63) is 29.8 Å². The summed E-state index contributed by atoms with van der Waals surface area (Å²) >= 11 is 0. The molecule has 0 aliphatic carbocycles. The SMILES string of the molecule is NNCc1ccccc1S(=O)(=O)O.[H-].[Na+]. The van der Waals surface area contributed by atoms with E-state index in [1.54, 1.807) is 12.1 Å². The normalized spacial score (nSPS) is 10.7. The zero-order valence-electron chi connectivity index (χ0n) is 8.77. The van der Waals surface area contributed by atoms with Crippen LogP contribution in [0, 0.1) is 0 Å². The minimum Gasteiger partial charge on any atom is -1.00 e. The fourth-order valence-electron chi connectivity index (χ4n) is 1.01. The third-order valence-corrected chi connectivity index (χ3v) is 2.50. The van der Waals surface area contributed by atoms with Crippen LogP contribution in [0.5, 0.6) is 0 Å². The molecule has 7 heteroatoms. The summed E-state index contributed by atoms with van der Waals surface area (Å²) < 4.78 is 30.4. The van der Waals surface area contributed by atoms with Gasteiger partial charge in [-0.3, -0.25) is 15.8 Å². The molecule has 0 saturated carbocycles. The molecule has 74 valence electrons. The van der Waals surface area contributed by atoms with Crippen LogP contribution in [0.2, 0.25) is 0 Å². The molecule has 0 saturated heterocycles. The van der Waals surface area contributed by atoms with Gasteiger partial charge in [0.05, 0.1) is 4.90 Å². The number of hydrogen-bond acceptors (Lipinski definition) is 4. The number of nitrogens with two attached hydrogens (primary N) is 1. The molecule has 0 heterocycles. The zero-order chi connectivity index (χ0) is 9.90. The molecule has 0 fully saturated rings. The van der Waals surface area contributed by atoms with Crippen molar-refractivity contribution >= 4 is 10.1 Å². The summed E-state index contributed by atoms with van der Waals surface area (Å²) in [7, 11) is -4.15. The van der Waals surface area contributed by atoms with Crippen molar-refractivity contribution in [3.8, 4) is 0 Å². The summed E-state index contributed by atoms with van der Waals surface area (Å²) in [5.74, 6) is 5.05. The Morgan fingerprint density at radius 2 is 2.00 bits per heavy atom. The fourth-order valence-corrected chi connectivity index (χ4v) is 1.73. The maximum atomic E-state index is 10.8. The zero-order valence-corrected chi connectivity index (χ0v) is 10.6. The standard InChI is InChI=1S/C7H10N2O3S.Na.H/c8-9-5-6-3-1-2-4-7(6)13(10,11)12;;/h1-4,9H,5,8H2,(H,10,11,12);;/q;+1;-1. The van der Waals surface area contributed by atoms with Gasteiger partial charge >= 0.3 is 29.6 Å². The molecular formula is C7H11N2NaO3S. The molecule has 0 amide bonds. The van der Waals surface area contributed by atoms with Gasteiger partial charge in [-0.1, -0.05) is 18.2 Å². The smallest absolute Gasteiger partial charge is 1.00 e. The van der Waals surface area contributed by atoms with E-state index in [1.807, 2.05) is 0 Å². The first-order chi connectivity index (χ1) is 6.05. The predicted molar refractivity (Wildman–Crippen MR) is 48.4 cm³/mol. The van der Waals surface area contributed by atoms with E-state index in [0.29, 0.717) is 5.56 Å². The first-order valence-electron chi connectivity index (χ1n) is 3.54. The summed E-state index contributed by atoms with van der Waals surface area (Å²) in [5.41, 5.74) is 2.76. The van der Waals surface area contributed by atoms with E-state index in [9.17, 15) is 8.42 Å². The molecule has 14 heavy (non-hydrogen) atoms. The van der Waals surface area contributed by atoms with Crippen molar-refractivity contribution in [2.24, 2.45) is 5.84 Å². The van der Waals surface area contributed by atoms with E-state index in [-0.39, 0.29) is 42.4 Å². The Morgan fingerprint density at radius 3 is 2.50 bits per heavy atom. The Morgan fingerprint density at radius 1 is 1.43 bits per heavy atom. The molecule has 1 aromatic rings. The van der Waals surface area contributed by atoms with Crippen LogP contribution in [0.25, 0.3) is 0 Å². The van der Waals surface area contributed by atoms with Gasteiger partial charge in [0.2, 0.25) is 0 Å². The van der Waals surface area contributed by atoms with E-state index >= 15 is 0 Å². The van der Waals surface area contributed by atoms with E-state index in [0.717, 1.165) is 0 Å². The summed E-state index contributed by atoms with van der Waals surface area (Å²) in [6, 6.07) is 6.09. The third-order valence-electron chi connectivity index (χ3n) is 1.54. The number of hydrazine groups is 1. The molecule has 0 unspecified atom stereocenters. The summed E-state index contributed by atoms with van der Waals surface area (Å²) in [5, 5.41) is 0. The average molecular weight is 226 g/mol. The maximum absolute atomic E-state index is 10.8. The molecule has 1 rings (SSSR count). The molecular weight excluding hydrogens is 215 g/mol. The number of benzene rings is 1. The van der Waals surface area contributed by atoms with Crippen LogP contribution in [0.15, 0.2) is 29.2 Å². The first-order valence-corrected chi connectivity index (χ1v) is 4.98. The van der Waals surface area contributed by atoms with Crippen LogP contribution in [0.4, 0.5) is 0 Å². The van der Waals surface area contributed by atoms with Crippen molar-refractivity contribution in [1.29, 1.82) is 0 Å². The second-order valence-electron chi connectivity index (χ2n) is 2.46. The summed E-state index contributed by atoms with van der Waals surface area (Å²) in [4.78, 5) is -0.118. The van der Waals surface area contributed by atoms with Crippen molar-refractivity contribution in [3.63, 3.8) is 0 Å². The van der Waals surface area contributed by atoms with Gasteiger partial charge in [0.1, 0.15) is 0 Å². The quantitative estimate of drug-likeness (QED) is 0.221. The monoisotopic (exact) mass is 226 g/mol. The molecule has 0 aliphatic rings. The largest absolute Gasteiger partial charge is 1.00 e. The summed E-state index contributed by atoms with van der Waals surface area (Å²) in [6.45, 7) is 0.190. The average Bonchev–Trinajstić information content (AvgIpc) is 2.04. The van der Waals surface area contributed by atoms with Crippen LogP contribution in [-0.4, -0.2) is 13.0 Å². The second kappa shape index (κ2) is 5.82. The van der Waals surface area contributed by atoms with Crippen molar-refractivity contribution in [2.45, 2.75) is 11.4 Å². The molecule has 5 nitrogen and oxygen atoms in total. The third kappa shape index (κ3) is 3.66. The van der Waals surface area contributed by atoms with E-state index in [4.69, 9.17) is 10.4 Å². The molecule has 0 aliphatic heterocycles. The van der Waals surface area contributed by atoms with Crippen LogP contribution in [0.1, 0.15) is 6.99 Å². The topological polar surface area (TPSA) is 92.4 Å². The van der Waals surface area contributed by atoms with Gasteiger partial charge in [-0.25, -0.2) is 0 Å². The van der Waals surface area contributed by atoms with Crippen LogP contribution >= 0.6 is 0 Å². The molecule has 0 radical (unpaired) electrons. The number of hydrogen-bond donors (Lipinski definition) is 3. The van der Waals surface area contributed by atoms with E-state index in [2.05, 4.69) is 5.43 Å². The van der Waals surface area contributed by atoms with Crippen molar-refractivity contribution in [2.75, 3.05) is 0 Å². The summed E-state index contributed by atoms with van der Waals surface area (Å²) in [6.07, 6.45) is 0. The van der Waals surface area contributed by atoms with Crippen LogP contribution < -0.4 is 40.8 Å². The number of nitrogens with one attached hydrogen (secondary N) is 1. The van der Waals surface area contributed by atoms with Gasteiger partial charge in [-0.15, -0.1) is 0 Å². The van der Waals surface area contributed by atoms with Crippen LogP contribution in [0.3, 0.4) is 0 Å². The molecule has 0 spiro atoms. The Hall–Kier alpha value is 0.0500. The van der Waals surface area contributed by atoms with Crippen LogP contribution in [-0.2, 0) is 16.7 Å². The van der Waals surface area contributed by atoms with Gasteiger partial charge in [0.15, 0.2) is 0 Å². The van der Waals surface area contributed by atoms with Gasteiger partial charge in [0.25, 0.3) is 10.1 Å². The molecule has 0 aromatic heterocycles. The molecule has 4 N–H and O–H groups in total. The predicted octanol–water partition coefficient (Wildman–Crippen LogP) is -2.99. The second-order valence-corrected chi connectivity index (χ2v) is 3.85. The Bertz CT molecular complexity index is 399. The Balaban J connectivity index is 0. The maximum Gasteiger partial charge on any atom is 1.00 e.